The van der Waals surface area contributed by atoms with Gasteiger partial charge in [0.15, 0.2) is 0 Å². The highest BCUT2D eigenvalue weighted by molar-refractivity contribution is 6.30. The van der Waals surface area contributed by atoms with Crippen molar-refractivity contribution in [2.45, 2.75) is 71.3 Å². The minimum Gasteiger partial charge on any atom is -0.366 e. The summed E-state index contributed by atoms with van der Waals surface area (Å²) in [6.07, 6.45) is 3.18. The van der Waals surface area contributed by atoms with E-state index in [0.717, 1.165) is 41.4 Å². The fraction of sp³-hybridized carbons (Fsp3) is 0.393. The van der Waals surface area contributed by atoms with Gasteiger partial charge in [0.1, 0.15) is 0 Å². The smallest absolute Gasteiger partial charge is 0.250 e. The van der Waals surface area contributed by atoms with Gasteiger partial charge in [-0.25, -0.2) is 0 Å². The Morgan fingerprint density at radius 3 is 2.34 bits per heavy atom. The van der Waals surface area contributed by atoms with Crippen LogP contribution in [0.3, 0.4) is 0 Å². The van der Waals surface area contributed by atoms with Gasteiger partial charge in [-0.3, -0.25) is 4.79 Å². The highest BCUT2D eigenvalue weighted by Gasteiger charge is 2.37. The predicted molar refractivity (Wildman–Crippen MR) is 134 cm³/mol. The number of nitrogens with two attached hydrogens (primary N) is 1. The Bertz CT molecular complexity index is 1190. The van der Waals surface area contributed by atoms with Crippen LogP contribution in [0.5, 0.6) is 0 Å². The van der Waals surface area contributed by atoms with Crippen molar-refractivity contribution in [2.75, 3.05) is 0 Å². The number of aromatic nitrogens is 1. The van der Waals surface area contributed by atoms with Crippen LogP contribution in [0.2, 0.25) is 5.02 Å². The summed E-state index contributed by atoms with van der Waals surface area (Å²) in [5.41, 5.74) is 13.7. The second kappa shape index (κ2) is 8.12. The number of primary amides is 1. The maximum Gasteiger partial charge on any atom is 0.250 e. The van der Waals surface area contributed by atoms with E-state index in [1.165, 1.54) is 23.1 Å². The first kappa shape index (κ1) is 22.7. The van der Waals surface area contributed by atoms with E-state index in [1.54, 1.807) is 0 Å². The fourth-order valence-corrected chi connectivity index (χ4v) is 5.32. The number of fused-ring (bicyclic) bond motifs is 1. The van der Waals surface area contributed by atoms with Gasteiger partial charge in [0.2, 0.25) is 0 Å². The van der Waals surface area contributed by atoms with Crippen LogP contribution in [-0.2, 0) is 23.8 Å². The molecule has 4 heteroatoms. The summed E-state index contributed by atoms with van der Waals surface area (Å²) in [6.45, 7) is 12.1. The number of carbonyl (C=O) groups excluding carboxylic acids is 1. The first-order valence-corrected chi connectivity index (χ1v) is 11.8. The molecule has 2 aromatic carbocycles. The average Bonchev–Trinajstić information content (AvgIpc) is 3.06. The summed E-state index contributed by atoms with van der Waals surface area (Å²) in [7, 11) is 0. The van der Waals surface area contributed by atoms with Crippen LogP contribution in [0, 0.1) is 6.92 Å². The molecule has 0 aliphatic heterocycles. The van der Waals surface area contributed by atoms with E-state index in [2.05, 4.69) is 56.5 Å². The number of halogens is 1. The predicted octanol–water partition coefficient (Wildman–Crippen LogP) is 6.81. The molecule has 1 heterocycles. The molecule has 0 unspecified atom stereocenters. The highest BCUT2D eigenvalue weighted by atomic mass is 35.5. The Kier molecular flexibility index (Phi) is 5.75. The molecule has 32 heavy (non-hydrogen) atoms. The van der Waals surface area contributed by atoms with E-state index in [4.69, 9.17) is 17.3 Å². The lowest BCUT2D eigenvalue weighted by Gasteiger charge is -2.42. The summed E-state index contributed by atoms with van der Waals surface area (Å²) >= 11 is 6.18. The van der Waals surface area contributed by atoms with E-state index in [1.807, 2.05) is 31.2 Å². The number of aryl methyl sites for hydroxylation is 1. The summed E-state index contributed by atoms with van der Waals surface area (Å²) in [5, 5.41) is 0.740. The van der Waals surface area contributed by atoms with Crippen molar-refractivity contribution in [3.05, 3.63) is 81.5 Å². The monoisotopic (exact) mass is 448 g/mol. The molecule has 3 nitrogen and oxygen atoms in total. The molecular weight excluding hydrogens is 416 g/mol. The second-order valence-corrected chi connectivity index (χ2v) is 10.9. The molecule has 0 saturated carbocycles. The van der Waals surface area contributed by atoms with Crippen molar-refractivity contribution < 1.29 is 4.79 Å². The normalized spacial score (nSPS) is 16.6. The zero-order valence-corrected chi connectivity index (χ0v) is 20.5. The standard InChI is InChI=1S/C28H33ClN2O/c1-18-22(26(30)32)17-25(31(18)14-11-19-7-6-8-21(29)15-19)20-9-10-23-24(16-20)28(4,5)13-12-27(23,2)3/h6-10,15-17H,11-14H2,1-5H3,(H2,30,32). The van der Waals surface area contributed by atoms with Gasteiger partial charge in [-0.2, -0.15) is 0 Å². The lowest BCUT2D eigenvalue weighted by Crippen LogP contribution is -2.33. The Morgan fingerprint density at radius 2 is 1.69 bits per heavy atom. The molecule has 0 fully saturated rings. The van der Waals surface area contributed by atoms with Crippen LogP contribution in [0.25, 0.3) is 11.3 Å². The lowest BCUT2D eigenvalue weighted by molar-refractivity contribution is 0.0999. The molecule has 1 aliphatic rings. The van der Waals surface area contributed by atoms with E-state index in [0.29, 0.717) is 5.56 Å². The third kappa shape index (κ3) is 4.11. The average molecular weight is 449 g/mol. The first-order valence-electron chi connectivity index (χ1n) is 11.4. The van der Waals surface area contributed by atoms with Crippen LogP contribution in [0.4, 0.5) is 0 Å². The molecule has 0 atom stereocenters. The SMILES string of the molecule is Cc1c(C(N)=O)cc(-c2ccc3c(c2)C(C)(C)CCC3(C)C)n1CCc1cccc(Cl)c1. The Morgan fingerprint density at radius 1 is 1.00 bits per heavy atom. The topological polar surface area (TPSA) is 48.0 Å². The molecule has 0 bridgehead atoms. The van der Waals surface area contributed by atoms with Crippen molar-refractivity contribution in [3.8, 4) is 11.3 Å². The van der Waals surface area contributed by atoms with E-state index >= 15 is 0 Å². The maximum atomic E-state index is 12.1. The highest BCUT2D eigenvalue weighted by Crippen LogP contribution is 2.47. The Balaban J connectivity index is 1.80. The second-order valence-electron chi connectivity index (χ2n) is 10.5. The number of amides is 1. The Hall–Kier alpha value is -2.52. The van der Waals surface area contributed by atoms with Gasteiger partial charge in [0.25, 0.3) is 5.91 Å². The minimum absolute atomic E-state index is 0.126. The van der Waals surface area contributed by atoms with E-state index in [-0.39, 0.29) is 16.7 Å². The summed E-state index contributed by atoms with van der Waals surface area (Å²) in [6, 6.07) is 16.7. The molecule has 3 aromatic rings. The third-order valence-electron chi connectivity index (χ3n) is 7.29. The molecule has 0 radical (unpaired) electrons. The fourth-order valence-electron chi connectivity index (χ4n) is 5.10. The molecule has 168 valence electrons. The van der Waals surface area contributed by atoms with Crippen LogP contribution >= 0.6 is 11.6 Å². The molecular formula is C28H33ClN2O. The summed E-state index contributed by atoms with van der Waals surface area (Å²) < 4.78 is 2.23. The molecule has 0 spiro atoms. The van der Waals surface area contributed by atoms with E-state index < -0.39 is 0 Å². The van der Waals surface area contributed by atoms with Gasteiger partial charge in [-0.15, -0.1) is 0 Å². The molecule has 4 rings (SSSR count). The van der Waals surface area contributed by atoms with Gasteiger partial charge >= 0.3 is 0 Å². The summed E-state index contributed by atoms with van der Waals surface area (Å²) in [5.74, 6) is -0.385. The van der Waals surface area contributed by atoms with Crippen LogP contribution < -0.4 is 5.73 Å². The van der Waals surface area contributed by atoms with E-state index in [9.17, 15) is 4.79 Å². The van der Waals surface area contributed by atoms with Crippen molar-refractivity contribution in [3.63, 3.8) is 0 Å². The van der Waals surface area contributed by atoms with Gasteiger partial charge in [0, 0.05) is 23.0 Å². The zero-order chi connectivity index (χ0) is 23.3. The van der Waals surface area contributed by atoms with Crippen molar-refractivity contribution in [1.29, 1.82) is 0 Å². The lowest BCUT2D eigenvalue weighted by atomic mass is 9.63. The van der Waals surface area contributed by atoms with Crippen LogP contribution in [0.15, 0.2) is 48.5 Å². The number of carbonyl (C=O) groups is 1. The van der Waals surface area contributed by atoms with Gasteiger partial charge in [-0.1, -0.05) is 63.6 Å². The maximum absolute atomic E-state index is 12.1. The van der Waals surface area contributed by atoms with Gasteiger partial charge in [0.05, 0.1) is 5.56 Å². The number of hydrogen-bond donors (Lipinski definition) is 1. The minimum atomic E-state index is -0.385. The third-order valence-corrected chi connectivity index (χ3v) is 7.53. The largest absolute Gasteiger partial charge is 0.366 e. The van der Waals surface area contributed by atoms with Crippen molar-refractivity contribution >= 4 is 17.5 Å². The van der Waals surface area contributed by atoms with Crippen LogP contribution in [0.1, 0.15) is 73.3 Å². The molecule has 1 aliphatic carbocycles. The Labute approximate surface area is 196 Å². The van der Waals surface area contributed by atoms with Crippen molar-refractivity contribution in [1.82, 2.24) is 4.57 Å². The quantitative estimate of drug-likeness (QED) is 0.458. The number of benzene rings is 2. The number of rotatable bonds is 5. The first-order chi connectivity index (χ1) is 15.0. The zero-order valence-electron chi connectivity index (χ0n) is 19.8. The number of nitrogens with zero attached hydrogens (tertiary/aromatic N) is 1. The number of hydrogen-bond acceptors (Lipinski definition) is 1. The summed E-state index contributed by atoms with van der Waals surface area (Å²) in [4.78, 5) is 12.1. The van der Waals surface area contributed by atoms with Gasteiger partial charge in [-0.05, 0) is 83.5 Å². The van der Waals surface area contributed by atoms with Crippen molar-refractivity contribution in [2.24, 2.45) is 5.73 Å². The molecule has 0 saturated heterocycles. The van der Waals surface area contributed by atoms with Gasteiger partial charge < -0.3 is 10.3 Å². The molecule has 2 N–H and O–H groups in total. The van der Waals surface area contributed by atoms with Crippen LogP contribution in [-0.4, -0.2) is 10.5 Å². The molecule has 1 aromatic heterocycles. The molecule has 1 amide bonds.